The summed E-state index contributed by atoms with van der Waals surface area (Å²) in [5.41, 5.74) is 0. The van der Waals surface area contributed by atoms with Crippen LogP contribution in [-0.4, -0.2) is 0 Å². The third kappa shape index (κ3) is 13.0. The van der Waals surface area contributed by atoms with Crippen molar-refractivity contribution in [2.45, 2.75) is 45.4 Å². The van der Waals surface area contributed by atoms with Crippen molar-refractivity contribution >= 4 is 0 Å². The van der Waals surface area contributed by atoms with E-state index < -0.39 is 0 Å². The van der Waals surface area contributed by atoms with Gasteiger partial charge in [0, 0.05) is 0 Å². The van der Waals surface area contributed by atoms with Crippen LogP contribution in [0, 0.1) is 7.11 Å². The number of hydrogen-bond acceptors (Lipinski definition) is 1. The van der Waals surface area contributed by atoms with Gasteiger partial charge in [-0.15, -0.1) is 0 Å². The predicted molar refractivity (Wildman–Crippen MR) is 67.2 cm³/mol. The van der Waals surface area contributed by atoms with Crippen molar-refractivity contribution in [1.82, 2.24) is 0 Å². The van der Waals surface area contributed by atoms with Gasteiger partial charge < -0.3 is 4.74 Å². The first-order valence-electron chi connectivity index (χ1n) is 5.81. The van der Waals surface area contributed by atoms with Gasteiger partial charge in [0.25, 0.3) is 0 Å². The average Bonchev–Trinajstić information content (AvgIpc) is 2.26. The SMILES string of the molecule is [CH2]O/C=C/C=C/C=C/CCCCCCC. The monoisotopic (exact) mass is 207 g/mol. The molecule has 0 fully saturated rings. The van der Waals surface area contributed by atoms with Crippen LogP contribution in [-0.2, 0) is 4.74 Å². The summed E-state index contributed by atoms with van der Waals surface area (Å²) in [6.45, 7) is 2.24. The molecular weight excluding hydrogens is 184 g/mol. The Morgan fingerprint density at radius 1 is 0.933 bits per heavy atom. The largest absolute Gasteiger partial charge is 0.498 e. The second kappa shape index (κ2) is 13.0. The lowest BCUT2D eigenvalue weighted by Gasteiger charge is -1.95. The fourth-order valence-corrected chi connectivity index (χ4v) is 1.27. The molecule has 0 heterocycles. The fourth-order valence-electron chi connectivity index (χ4n) is 1.27. The molecule has 0 rings (SSSR count). The molecule has 0 saturated carbocycles. The van der Waals surface area contributed by atoms with Gasteiger partial charge >= 0.3 is 0 Å². The summed E-state index contributed by atoms with van der Waals surface area (Å²) in [4.78, 5) is 0. The Hall–Kier alpha value is -0.980. The summed E-state index contributed by atoms with van der Waals surface area (Å²) in [5.74, 6) is 0. The highest BCUT2D eigenvalue weighted by Gasteiger charge is 1.85. The van der Waals surface area contributed by atoms with E-state index in [0.717, 1.165) is 0 Å². The molecule has 15 heavy (non-hydrogen) atoms. The molecule has 0 spiro atoms. The van der Waals surface area contributed by atoms with E-state index >= 15 is 0 Å². The molecule has 0 aromatic rings. The lowest BCUT2D eigenvalue weighted by Crippen LogP contribution is -1.75. The lowest BCUT2D eigenvalue weighted by molar-refractivity contribution is 0.394. The molecule has 1 heteroatoms. The van der Waals surface area contributed by atoms with Crippen molar-refractivity contribution in [1.29, 1.82) is 0 Å². The zero-order valence-corrected chi connectivity index (χ0v) is 9.82. The first-order chi connectivity index (χ1) is 7.41. The Labute approximate surface area is 94.5 Å². The number of hydrogen-bond donors (Lipinski definition) is 0. The molecule has 0 aromatic heterocycles. The maximum Gasteiger partial charge on any atom is 0.121 e. The molecule has 0 aliphatic rings. The van der Waals surface area contributed by atoms with E-state index in [2.05, 4.69) is 30.9 Å². The van der Waals surface area contributed by atoms with Crippen molar-refractivity contribution in [3.63, 3.8) is 0 Å². The third-order valence-electron chi connectivity index (χ3n) is 2.12. The van der Waals surface area contributed by atoms with Gasteiger partial charge in [0.15, 0.2) is 0 Å². The quantitative estimate of drug-likeness (QED) is 0.300. The molecule has 0 aliphatic heterocycles. The van der Waals surface area contributed by atoms with Crippen LogP contribution in [0.4, 0.5) is 0 Å². The first-order valence-corrected chi connectivity index (χ1v) is 5.81. The Morgan fingerprint density at radius 3 is 2.40 bits per heavy atom. The Bertz CT molecular complexity index is 190. The van der Waals surface area contributed by atoms with E-state index in [0.29, 0.717) is 0 Å². The highest BCUT2D eigenvalue weighted by molar-refractivity contribution is 5.09. The average molecular weight is 207 g/mol. The minimum absolute atomic E-state index is 1.18. The van der Waals surface area contributed by atoms with E-state index in [9.17, 15) is 0 Å². The highest BCUT2D eigenvalue weighted by Crippen LogP contribution is 2.05. The summed E-state index contributed by atoms with van der Waals surface area (Å²) in [6, 6.07) is 0. The van der Waals surface area contributed by atoms with Gasteiger partial charge in [-0.3, -0.25) is 0 Å². The van der Waals surface area contributed by atoms with Crippen LogP contribution in [0.5, 0.6) is 0 Å². The molecule has 0 bridgehead atoms. The van der Waals surface area contributed by atoms with Gasteiger partial charge in [-0.2, -0.15) is 0 Å². The summed E-state index contributed by atoms with van der Waals surface area (Å²) in [7, 11) is 3.23. The zero-order valence-electron chi connectivity index (χ0n) is 9.82. The number of allylic oxidation sites excluding steroid dienone is 5. The molecule has 85 valence electrons. The van der Waals surface area contributed by atoms with E-state index in [1.165, 1.54) is 38.5 Å². The maximum atomic E-state index is 4.52. The Kier molecular flexibility index (Phi) is 12.2. The Balaban J connectivity index is 3.23. The van der Waals surface area contributed by atoms with Crippen molar-refractivity contribution in [2.24, 2.45) is 0 Å². The molecule has 1 radical (unpaired) electrons. The maximum absolute atomic E-state index is 4.52. The highest BCUT2D eigenvalue weighted by atomic mass is 16.5. The molecule has 0 saturated heterocycles. The zero-order chi connectivity index (χ0) is 11.2. The van der Waals surface area contributed by atoms with Crippen LogP contribution in [0.2, 0.25) is 0 Å². The van der Waals surface area contributed by atoms with Crippen molar-refractivity contribution in [3.8, 4) is 0 Å². The number of rotatable bonds is 9. The molecule has 0 amide bonds. The second-order valence-electron chi connectivity index (χ2n) is 3.51. The summed E-state index contributed by atoms with van der Waals surface area (Å²) in [5, 5.41) is 0. The summed E-state index contributed by atoms with van der Waals surface area (Å²) >= 11 is 0. The van der Waals surface area contributed by atoms with Crippen molar-refractivity contribution in [3.05, 3.63) is 43.8 Å². The van der Waals surface area contributed by atoms with Crippen LogP contribution in [0.25, 0.3) is 0 Å². The topological polar surface area (TPSA) is 9.23 Å². The smallest absolute Gasteiger partial charge is 0.121 e. The van der Waals surface area contributed by atoms with Crippen LogP contribution in [0.3, 0.4) is 0 Å². The number of unbranched alkanes of at least 4 members (excludes halogenated alkanes) is 5. The van der Waals surface area contributed by atoms with Crippen LogP contribution < -0.4 is 0 Å². The minimum atomic E-state index is 1.18. The molecule has 0 atom stereocenters. The van der Waals surface area contributed by atoms with Gasteiger partial charge in [-0.25, -0.2) is 0 Å². The van der Waals surface area contributed by atoms with Crippen molar-refractivity contribution < 1.29 is 4.74 Å². The summed E-state index contributed by atoms with van der Waals surface area (Å²) < 4.78 is 4.52. The first kappa shape index (κ1) is 14.0. The molecular formula is C14H23O. The molecule has 1 nitrogen and oxygen atoms in total. The van der Waals surface area contributed by atoms with E-state index in [1.807, 2.05) is 18.2 Å². The normalized spacial score (nSPS) is 12.1. The van der Waals surface area contributed by atoms with Crippen LogP contribution >= 0.6 is 0 Å². The van der Waals surface area contributed by atoms with Gasteiger partial charge in [-0.1, -0.05) is 56.9 Å². The number of ether oxygens (including phenoxy) is 1. The lowest BCUT2D eigenvalue weighted by atomic mass is 10.1. The molecule has 0 aromatic carbocycles. The summed E-state index contributed by atoms with van der Waals surface area (Å²) in [6.07, 6.45) is 19.5. The van der Waals surface area contributed by atoms with E-state index in [1.54, 1.807) is 6.26 Å². The van der Waals surface area contributed by atoms with Gasteiger partial charge in [0.2, 0.25) is 0 Å². The second-order valence-corrected chi connectivity index (χ2v) is 3.51. The van der Waals surface area contributed by atoms with Crippen LogP contribution in [0.15, 0.2) is 36.6 Å². The van der Waals surface area contributed by atoms with Crippen LogP contribution in [0.1, 0.15) is 45.4 Å². The Morgan fingerprint density at radius 2 is 1.67 bits per heavy atom. The minimum Gasteiger partial charge on any atom is -0.498 e. The molecule has 0 aliphatic carbocycles. The molecule has 0 N–H and O–H groups in total. The molecule has 0 unspecified atom stereocenters. The predicted octanol–water partition coefficient (Wildman–Crippen LogP) is 4.78. The standard InChI is InChI=1S/C14H23O/c1-3-4-5-6-7-8-9-10-11-12-13-14-15-2/h9-14H,2-8H2,1H3/b10-9+,12-11+,14-13+. The van der Waals surface area contributed by atoms with Gasteiger partial charge in [0.1, 0.15) is 7.11 Å². The van der Waals surface area contributed by atoms with Gasteiger partial charge in [0.05, 0.1) is 6.26 Å². The van der Waals surface area contributed by atoms with E-state index in [4.69, 9.17) is 0 Å². The fraction of sp³-hybridized carbons (Fsp3) is 0.500. The van der Waals surface area contributed by atoms with Crippen molar-refractivity contribution in [2.75, 3.05) is 0 Å². The third-order valence-corrected chi connectivity index (χ3v) is 2.12. The van der Waals surface area contributed by atoms with E-state index in [-0.39, 0.29) is 0 Å². The van der Waals surface area contributed by atoms with Gasteiger partial charge in [-0.05, 0) is 18.9 Å².